The van der Waals surface area contributed by atoms with E-state index in [9.17, 15) is 4.79 Å². The number of hydrogen-bond acceptors (Lipinski definition) is 5. The van der Waals surface area contributed by atoms with Gasteiger partial charge in [-0.05, 0) is 31.9 Å². The van der Waals surface area contributed by atoms with E-state index in [1.165, 1.54) is 12.8 Å². The first kappa shape index (κ1) is 22.3. The highest BCUT2D eigenvalue weighted by atomic mass is 16.5. The molecule has 0 aromatic carbocycles. The number of carbonyl (C=O) groups excluding carboxylic acids is 1. The van der Waals surface area contributed by atoms with Crippen molar-refractivity contribution in [1.29, 1.82) is 0 Å². The molecule has 0 aliphatic carbocycles. The maximum absolute atomic E-state index is 12.6. The van der Waals surface area contributed by atoms with Crippen molar-refractivity contribution in [3.63, 3.8) is 0 Å². The Morgan fingerprint density at radius 1 is 1.10 bits per heavy atom. The van der Waals surface area contributed by atoms with Gasteiger partial charge in [-0.25, -0.2) is 4.99 Å². The van der Waals surface area contributed by atoms with E-state index in [4.69, 9.17) is 9.73 Å². The van der Waals surface area contributed by atoms with Crippen LogP contribution in [0.1, 0.15) is 32.6 Å². The zero-order valence-electron chi connectivity index (χ0n) is 18.3. The third kappa shape index (κ3) is 7.16. The lowest BCUT2D eigenvalue weighted by molar-refractivity contribution is -0.132. The van der Waals surface area contributed by atoms with Gasteiger partial charge in [0.05, 0.1) is 19.3 Å². The summed E-state index contributed by atoms with van der Waals surface area (Å²) in [6.07, 6.45) is 8.24. The van der Waals surface area contributed by atoms with Gasteiger partial charge in [-0.3, -0.25) is 14.7 Å². The summed E-state index contributed by atoms with van der Waals surface area (Å²) in [5.74, 6) is 1.98. The van der Waals surface area contributed by atoms with Crippen LogP contribution in [0.5, 0.6) is 5.75 Å². The van der Waals surface area contributed by atoms with Crippen LogP contribution in [0.3, 0.4) is 0 Å². The molecule has 8 heteroatoms. The molecule has 2 aliphatic rings. The summed E-state index contributed by atoms with van der Waals surface area (Å²) in [6, 6.07) is 3.76. The fourth-order valence-corrected chi connectivity index (χ4v) is 3.90. The zero-order valence-corrected chi connectivity index (χ0v) is 18.3. The molecule has 3 heterocycles. The zero-order chi connectivity index (χ0) is 21.0. The van der Waals surface area contributed by atoms with E-state index in [1.807, 2.05) is 12.1 Å². The highest BCUT2D eigenvalue weighted by Gasteiger charge is 2.23. The second-order valence-electron chi connectivity index (χ2n) is 7.83. The first-order valence-electron chi connectivity index (χ1n) is 11.3. The molecule has 0 bridgehead atoms. The first-order valence-corrected chi connectivity index (χ1v) is 11.3. The van der Waals surface area contributed by atoms with Crippen LogP contribution in [0.15, 0.2) is 29.5 Å². The number of piperazine rings is 1. The molecule has 0 unspecified atom stereocenters. The molecule has 166 valence electrons. The minimum Gasteiger partial charge on any atom is -0.490 e. The average molecular weight is 417 g/mol. The molecular formula is C22H36N6O2. The summed E-state index contributed by atoms with van der Waals surface area (Å²) in [4.78, 5) is 28.0. The van der Waals surface area contributed by atoms with Gasteiger partial charge in [0.1, 0.15) is 12.4 Å². The minimum atomic E-state index is 0.290. The first-order chi connectivity index (χ1) is 14.8. The van der Waals surface area contributed by atoms with Gasteiger partial charge in [0.15, 0.2) is 5.96 Å². The fraction of sp³-hybridized carbons (Fsp3) is 0.682. The molecule has 1 aromatic rings. The molecule has 8 nitrogen and oxygen atoms in total. The molecule has 1 aromatic heterocycles. The molecule has 0 radical (unpaired) electrons. The maximum Gasteiger partial charge on any atom is 0.236 e. The Hall–Kier alpha value is -2.35. The molecule has 0 saturated carbocycles. The Bertz CT molecular complexity index is 653. The molecule has 2 saturated heterocycles. The molecule has 3 rings (SSSR count). The number of nitrogens with one attached hydrogen (secondary N) is 1. The van der Waals surface area contributed by atoms with Gasteiger partial charge in [-0.1, -0.05) is 12.8 Å². The number of pyridine rings is 1. The highest BCUT2D eigenvalue weighted by Crippen LogP contribution is 2.11. The van der Waals surface area contributed by atoms with E-state index in [0.717, 1.165) is 70.4 Å². The molecule has 1 N–H and O–H groups in total. The molecule has 0 spiro atoms. The molecule has 1 amide bonds. The smallest absolute Gasteiger partial charge is 0.236 e. The number of guanidine groups is 1. The van der Waals surface area contributed by atoms with Crippen LogP contribution in [-0.2, 0) is 4.79 Å². The third-order valence-corrected chi connectivity index (χ3v) is 5.58. The van der Waals surface area contributed by atoms with Gasteiger partial charge in [0, 0.05) is 52.0 Å². The molecule has 30 heavy (non-hydrogen) atoms. The number of rotatable bonds is 7. The number of aliphatic imine (C=N–C) groups is 1. The fourth-order valence-electron chi connectivity index (χ4n) is 3.90. The SMILES string of the molecule is CCNC(=NCCOc1cccnc1)N1CCN(CC(=O)N2CCCCCC2)CC1. The third-order valence-electron chi connectivity index (χ3n) is 5.58. The van der Waals surface area contributed by atoms with Gasteiger partial charge in [0.25, 0.3) is 0 Å². The number of aromatic nitrogens is 1. The summed E-state index contributed by atoms with van der Waals surface area (Å²) in [5, 5.41) is 3.38. The quantitative estimate of drug-likeness (QED) is 0.412. The van der Waals surface area contributed by atoms with Crippen molar-refractivity contribution in [2.45, 2.75) is 32.6 Å². The standard InChI is InChI=1S/C22H36N6O2/c1-2-24-22(25-10-17-30-20-8-7-9-23-18-20)28-15-13-26(14-16-28)19-21(29)27-11-5-3-4-6-12-27/h7-9,18H,2-6,10-17,19H2,1H3,(H,24,25). The Morgan fingerprint density at radius 3 is 2.53 bits per heavy atom. The summed E-state index contributed by atoms with van der Waals surface area (Å²) in [7, 11) is 0. The van der Waals surface area contributed by atoms with Crippen LogP contribution in [-0.4, -0.2) is 97.1 Å². The molecule has 2 fully saturated rings. The van der Waals surface area contributed by atoms with Gasteiger partial charge in [0.2, 0.25) is 5.91 Å². The minimum absolute atomic E-state index is 0.290. The second-order valence-corrected chi connectivity index (χ2v) is 7.83. The number of ether oxygens (including phenoxy) is 1. The van der Waals surface area contributed by atoms with Gasteiger partial charge in [-0.2, -0.15) is 0 Å². The van der Waals surface area contributed by atoms with E-state index >= 15 is 0 Å². The van der Waals surface area contributed by atoms with Crippen molar-refractivity contribution in [2.24, 2.45) is 4.99 Å². The topological polar surface area (TPSA) is 73.3 Å². The number of carbonyl (C=O) groups is 1. The Balaban J connectivity index is 1.42. The monoisotopic (exact) mass is 416 g/mol. The van der Waals surface area contributed by atoms with E-state index in [0.29, 0.717) is 25.6 Å². The maximum atomic E-state index is 12.6. The van der Waals surface area contributed by atoms with Gasteiger partial charge < -0.3 is 19.9 Å². The number of nitrogens with zero attached hydrogens (tertiary/aromatic N) is 5. The van der Waals surface area contributed by atoms with Crippen molar-refractivity contribution in [3.05, 3.63) is 24.5 Å². The largest absolute Gasteiger partial charge is 0.490 e. The van der Waals surface area contributed by atoms with E-state index in [2.05, 4.69) is 31.9 Å². The van der Waals surface area contributed by atoms with Crippen LogP contribution in [0.2, 0.25) is 0 Å². The summed E-state index contributed by atoms with van der Waals surface area (Å²) < 4.78 is 5.68. The van der Waals surface area contributed by atoms with Crippen molar-refractivity contribution in [2.75, 3.05) is 65.5 Å². The van der Waals surface area contributed by atoms with Crippen LogP contribution < -0.4 is 10.1 Å². The molecule has 0 atom stereocenters. The van der Waals surface area contributed by atoms with E-state index in [1.54, 1.807) is 12.4 Å². The van der Waals surface area contributed by atoms with Crippen LogP contribution in [0.4, 0.5) is 0 Å². The van der Waals surface area contributed by atoms with Crippen molar-refractivity contribution in [1.82, 2.24) is 25.0 Å². The summed E-state index contributed by atoms with van der Waals surface area (Å²) >= 11 is 0. The van der Waals surface area contributed by atoms with E-state index in [-0.39, 0.29) is 0 Å². The second kappa shape index (κ2) is 12.4. The van der Waals surface area contributed by atoms with E-state index < -0.39 is 0 Å². The van der Waals surface area contributed by atoms with Gasteiger partial charge in [-0.15, -0.1) is 0 Å². The number of likely N-dealkylation sites (tertiary alicyclic amines) is 1. The number of hydrogen-bond donors (Lipinski definition) is 1. The lowest BCUT2D eigenvalue weighted by Crippen LogP contribution is -2.54. The normalized spacial score (nSPS) is 18.8. The average Bonchev–Trinajstić information content (AvgIpc) is 3.07. The van der Waals surface area contributed by atoms with Crippen molar-refractivity contribution < 1.29 is 9.53 Å². The van der Waals surface area contributed by atoms with Crippen molar-refractivity contribution in [3.8, 4) is 5.75 Å². The van der Waals surface area contributed by atoms with Crippen LogP contribution >= 0.6 is 0 Å². The Labute approximate surface area is 180 Å². The predicted octanol–water partition coefficient (Wildman–Crippen LogP) is 1.45. The van der Waals surface area contributed by atoms with Crippen LogP contribution in [0, 0.1) is 0 Å². The molecule has 2 aliphatic heterocycles. The number of amides is 1. The molecular weight excluding hydrogens is 380 g/mol. The highest BCUT2D eigenvalue weighted by molar-refractivity contribution is 5.80. The lowest BCUT2D eigenvalue weighted by Gasteiger charge is -2.37. The van der Waals surface area contributed by atoms with Gasteiger partial charge >= 0.3 is 0 Å². The predicted molar refractivity (Wildman–Crippen MR) is 119 cm³/mol. The van der Waals surface area contributed by atoms with Crippen LogP contribution in [0.25, 0.3) is 0 Å². The lowest BCUT2D eigenvalue weighted by atomic mass is 10.2. The summed E-state index contributed by atoms with van der Waals surface area (Å²) in [6.45, 7) is 9.94. The Morgan fingerprint density at radius 2 is 1.87 bits per heavy atom. The summed E-state index contributed by atoms with van der Waals surface area (Å²) in [5.41, 5.74) is 0. The Kier molecular flexibility index (Phi) is 9.21. The van der Waals surface area contributed by atoms with Crippen molar-refractivity contribution >= 4 is 11.9 Å².